The van der Waals surface area contributed by atoms with Crippen LogP contribution in [0.3, 0.4) is 0 Å². The summed E-state index contributed by atoms with van der Waals surface area (Å²) < 4.78 is 5.42. The Balaban J connectivity index is 2.07. The number of likely N-dealkylation sites (N-methyl/N-ethyl adjacent to an activating group) is 1. The van der Waals surface area contributed by atoms with Crippen molar-refractivity contribution in [2.45, 2.75) is 44.7 Å². The third-order valence-corrected chi connectivity index (χ3v) is 4.70. The Labute approximate surface area is 116 Å². The summed E-state index contributed by atoms with van der Waals surface area (Å²) in [4.78, 5) is 16.4. The summed E-state index contributed by atoms with van der Waals surface area (Å²) in [5.74, 6) is 0.571. The van der Waals surface area contributed by atoms with E-state index < -0.39 is 0 Å². The van der Waals surface area contributed by atoms with Gasteiger partial charge in [0.25, 0.3) is 0 Å². The first-order valence-corrected chi connectivity index (χ1v) is 7.29. The van der Waals surface area contributed by atoms with E-state index >= 15 is 0 Å². The summed E-state index contributed by atoms with van der Waals surface area (Å²) in [5.41, 5.74) is 5.52. The molecule has 110 valence electrons. The smallest absolute Gasteiger partial charge is 0.320 e. The molecular formula is C14H27N3O2. The summed E-state index contributed by atoms with van der Waals surface area (Å²) in [6.45, 7) is 7.32. The molecule has 2 amide bonds. The molecule has 2 aliphatic heterocycles. The van der Waals surface area contributed by atoms with Crippen LogP contribution in [0, 0.1) is 5.92 Å². The second-order valence-electron chi connectivity index (χ2n) is 6.37. The fourth-order valence-corrected chi connectivity index (χ4v) is 3.28. The molecule has 0 bridgehead atoms. The van der Waals surface area contributed by atoms with E-state index in [-0.39, 0.29) is 11.6 Å². The van der Waals surface area contributed by atoms with E-state index in [2.05, 4.69) is 13.8 Å². The maximum absolute atomic E-state index is 12.5. The van der Waals surface area contributed by atoms with Gasteiger partial charge in [-0.2, -0.15) is 0 Å². The van der Waals surface area contributed by atoms with Crippen LogP contribution < -0.4 is 5.73 Å². The van der Waals surface area contributed by atoms with Crippen LogP contribution in [0.5, 0.6) is 0 Å². The van der Waals surface area contributed by atoms with Gasteiger partial charge >= 0.3 is 6.03 Å². The number of rotatable bonds is 4. The van der Waals surface area contributed by atoms with Gasteiger partial charge in [-0.05, 0) is 45.6 Å². The lowest BCUT2D eigenvalue weighted by molar-refractivity contribution is 0.0443. The molecule has 0 spiro atoms. The molecule has 2 fully saturated rings. The Morgan fingerprint density at radius 1 is 1.37 bits per heavy atom. The van der Waals surface area contributed by atoms with Crippen molar-refractivity contribution >= 4 is 6.03 Å². The monoisotopic (exact) mass is 269 g/mol. The van der Waals surface area contributed by atoms with E-state index in [1.54, 1.807) is 0 Å². The van der Waals surface area contributed by atoms with Gasteiger partial charge in [0.05, 0.1) is 6.04 Å². The zero-order chi connectivity index (χ0) is 14.0. The first-order valence-electron chi connectivity index (χ1n) is 7.29. The highest BCUT2D eigenvalue weighted by atomic mass is 16.5. The van der Waals surface area contributed by atoms with E-state index in [1.165, 1.54) is 0 Å². The topological polar surface area (TPSA) is 58.8 Å². The Bertz CT molecular complexity index is 327. The van der Waals surface area contributed by atoms with Gasteiger partial charge in [0.15, 0.2) is 0 Å². The average molecular weight is 269 g/mol. The molecular weight excluding hydrogens is 242 g/mol. The molecule has 5 nitrogen and oxygen atoms in total. The highest BCUT2D eigenvalue weighted by molar-refractivity contribution is 5.77. The third kappa shape index (κ3) is 2.87. The fraction of sp³-hybridized carbons (Fsp3) is 0.929. The van der Waals surface area contributed by atoms with Gasteiger partial charge in [0.1, 0.15) is 0 Å². The van der Waals surface area contributed by atoms with Crippen molar-refractivity contribution in [2.24, 2.45) is 11.7 Å². The number of carbonyl (C=O) groups is 1. The zero-order valence-electron chi connectivity index (χ0n) is 12.4. The Morgan fingerprint density at radius 3 is 2.58 bits per heavy atom. The third-order valence-electron chi connectivity index (χ3n) is 4.70. The summed E-state index contributed by atoms with van der Waals surface area (Å²) in [6, 6.07) is 0.475. The normalized spacial score (nSPS) is 26.3. The maximum atomic E-state index is 12.5. The lowest BCUT2D eigenvalue weighted by atomic mass is 9.90. The van der Waals surface area contributed by atoms with Crippen LogP contribution in [0.4, 0.5) is 4.79 Å². The van der Waals surface area contributed by atoms with E-state index in [0.717, 1.165) is 39.0 Å². The molecule has 1 atom stereocenters. The summed E-state index contributed by atoms with van der Waals surface area (Å²) in [5, 5.41) is 0. The largest absolute Gasteiger partial charge is 0.381 e. The first kappa shape index (κ1) is 14.6. The molecule has 2 saturated heterocycles. The number of nitrogens with zero attached hydrogens (tertiary/aromatic N) is 2. The Morgan fingerprint density at radius 2 is 2.00 bits per heavy atom. The molecule has 5 heteroatoms. The van der Waals surface area contributed by atoms with Crippen LogP contribution >= 0.6 is 0 Å². The van der Waals surface area contributed by atoms with Gasteiger partial charge in [-0.25, -0.2) is 4.79 Å². The number of amides is 2. The molecule has 0 saturated carbocycles. The standard InChI is InChI=1S/C14H27N3O2/c1-14(2,6-7-15)17-10-12(16(3)13(17)18)11-4-8-19-9-5-11/h11-12H,4-10,15H2,1-3H3. The minimum absolute atomic E-state index is 0.148. The van der Waals surface area contributed by atoms with Gasteiger partial charge in [0, 0.05) is 32.3 Å². The highest BCUT2D eigenvalue weighted by Gasteiger charge is 2.44. The maximum Gasteiger partial charge on any atom is 0.320 e. The van der Waals surface area contributed by atoms with Gasteiger partial charge in [-0.15, -0.1) is 0 Å². The molecule has 2 heterocycles. The molecule has 0 aromatic heterocycles. The van der Waals surface area contributed by atoms with Crippen LogP contribution in [0.15, 0.2) is 0 Å². The highest BCUT2D eigenvalue weighted by Crippen LogP contribution is 2.32. The second kappa shape index (κ2) is 5.67. The molecule has 2 aliphatic rings. The molecule has 0 aliphatic carbocycles. The minimum Gasteiger partial charge on any atom is -0.381 e. The van der Waals surface area contributed by atoms with Gasteiger partial charge in [0.2, 0.25) is 0 Å². The molecule has 0 aromatic carbocycles. The average Bonchev–Trinajstić information content (AvgIpc) is 2.68. The van der Waals surface area contributed by atoms with E-state index in [4.69, 9.17) is 10.5 Å². The first-order chi connectivity index (χ1) is 8.97. The summed E-state index contributed by atoms with van der Waals surface area (Å²) in [7, 11) is 1.93. The lowest BCUT2D eigenvalue weighted by Gasteiger charge is -2.35. The van der Waals surface area contributed by atoms with Crippen molar-refractivity contribution < 1.29 is 9.53 Å². The van der Waals surface area contributed by atoms with Gasteiger partial charge < -0.3 is 20.3 Å². The number of carbonyl (C=O) groups excluding carboxylic acids is 1. The minimum atomic E-state index is -0.153. The predicted molar refractivity (Wildman–Crippen MR) is 74.9 cm³/mol. The van der Waals surface area contributed by atoms with E-state index in [9.17, 15) is 4.79 Å². The number of urea groups is 1. The van der Waals surface area contributed by atoms with Gasteiger partial charge in [-0.1, -0.05) is 0 Å². The van der Waals surface area contributed by atoms with Crippen molar-refractivity contribution in [3.8, 4) is 0 Å². The molecule has 0 radical (unpaired) electrons. The Hall–Kier alpha value is -0.810. The molecule has 2 rings (SSSR count). The van der Waals surface area contributed by atoms with Crippen LogP contribution in [-0.2, 0) is 4.74 Å². The number of hydrogen-bond donors (Lipinski definition) is 1. The van der Waals surface area contributed by atoms with Crippen LogP contribution in [-0.4, -0.2) is 60.8 Å². The van der Waals surface area contributed by atoms with Crippen LogP contribution in [0.1, 0.15) is 33.1 Å². The van der Waals surface area contributed by atoms with E-state index in [0.29, 0.717) is 18.5 Å². The Kier molecular flexibility index (Phi) is 4.36. The van der Waals surface area contributed by atoms with Crippen LogP contribution in [0.25, 0.3) is 0 Å². The van der Waals surface area contributed by atoms with Crippen LogP contribution in [0.2, 0.25) is 0 Å². The number of ether oxygens (including phenoxy) is 1. The second-order valence-corrected chi connectivity index (χ2v) is 6.37. The molecule has 19 heavy (non-hydrogen) atoms. The SMILES string of the molecule is CN1C(=O)N(C(C)(C)CCN)CC1C1CCOCC1. The fourth-order valence-electron chi connectivity index (χ4n) is 3.28. The van der Waals surface area contributed by atoms with Gasteiger partial charge in [-0.3, -0.25) is 0 Å². The summed E-state index contributed by atoms with van der Waals surface area (Å²) in [6.07, 6.45) is 2.97. The number of nitrogens with two attached hydrogens (primary N) is 1. The van der Waals surface area contributed by atoms with Crippen molar-refractivity contribution in [3.63, 3.8) is 0 Å². The quantitative estimate of drug-likeness (QED) is 0.836. The number of hydrogen-bond acceptors (Lipinski definition) is 3. The molecule has 2 N–H and O–H groups in total. The molecule has 0 aromatic rings. The van der Waals surface area contributed by atoms with Crippen molar-refractivity contribution in [3.05, 3.63) is 0 Å². The lowest BCUT2D eigenvalue weighted by Crippen LogP contribution is -2.47. The van der Waals surface area contributed by atoms with Crippen molar-refractivity contribution in [1.82, 2.24) is 9.80 Å². The summed E-state index contributed by atoms with van der Waals surface area (Å²) >= 11 is 0. The van der Waals surface area contributed by atoms with Crippen molar-refractivity contribution in [1.29, 1.82) is 0 Å². The van der Waals surface area contributed by atoms with Crippen molar-refractivity contribution in [2.75, 3.05) is 33.4 Å². The zero-order valence-corrected chi connectivity index (χ0v) is 12.4. The predicted octanol–water partition coefficient (Wildman–Crippen LogP) is 1.28. The molecule has 1 unspecified atom stereocenters. The van der Waals surface area contributed by atoms with E-state index in [1.807, 2.05) is 16.8 Å².